The Kier molecular flexibility index (Phi) is 4.85. The molecule has 1 unspecified atom stereocenters. The van der Waals surface area contributed by atoms with Crippen LogP contribution in [0.2, 0.25) is 0 Å². The van der Waals surface area contributed by atoms with E-state index < -0.39 is 0 Å². The van der Waals surface area contributed by atoms with Crippen molar-refractivity contribution in [3.8, 4) is 0 Å². The van der Waals surface area contributed by atoms with Crippen molar-refractivity contribution in [1.29, 1.82) is 0 Å². The maximum Gasteiger partial charge on any atom is 0.234 e. The smallest absolute Gasteiger partial charge is 0.234 e. The fourth-order valence-electron chi connectivity index (χ4n) is 1.21. The summed E-state index contributed by atoms with van der Waals surface area (Å²) >= 11 is 0. The standard InChI is InChI=1S/C8H19N3O/c1-6(2)11(5-4-9)7(3)8(10)12/h6-7H,4-5,9H2,1-3H3,(H2,10,12). The first kappa shape index (κ1) is 11.4. The highest BCUT2D eigenvalue weighted by molar-refractivity contribution is 5.79. The van der Waals surface area contributed by atoms with Crippen LogP contribution in [0.5, 0.6) is 0 Å². The van der Waals surface area contributed by atoms with Gasteiger partial charge in [0.2, 0.25) is 5.91 Å². The van der Waals surface area contributed by atoms with Gasteiger partial charge in [-0.2, -0.15) is 0 Å². The van der Waals surface area contributed by atoms with Crippen LogP contribution in [0.1, 0.15) is 20.8 Å². The number of carbonyl (C=O) groups is 1. The predicted molar refractivity (Wildman–Crippen MR) is 49.6 cm³/mol. The molecule has 0 aromatic rings. The van der Waals surface area contributed by atoms with Crippen LogP contribution in [0, 0.1) is 0 Å². The summed E-state index contributed by atoms with van der Waals surface area (Å²) in [5.74, 6) is -0.294. The van der Waals surface area contributed by atoms with Gasteiger partial charge in [-0.25, -0.2) is 0 Å². The summed E-state index contributed by atoms with van der Waals surface area (Å²) in [7, 11) is 0. The van der Waals surface area contributed by atoms with Crippen LogP contribution in [0.4, 0.5) is 0 Å². The first-order chi connectivity index (χ1) is 5.50. The molecule has 0 fully saturated rings. The number of nitrogens with two attached hydrogens (primary N) is 2. The molecule has 0 spiro atoms. The molecule has 0 saturated heterocycles. The highest BCUT2D eigenvalue weighted by atomic mass is 16.1. The maximum atomic E-state index is 10.9. The summed E-state index contributed by atoms with van der Waals surface area (Å²) in [6.45, 7) is 7.11. The lowest BCUT2D eigenvalue weighted by molar-refractivity contribution is -0.123. The molecule has 0 heterocycles. The van der Waals surface area contributed by atoms with Crippen molar-refractivity contribution in [2.75, 3.05) is 13.1 Å². The predicted octanol–water partition coefficient (Wildman–Crippen LogP) is -0.471. The topological polar surface area (TPSA) is 72.3 Å². The first-order valence-electron chi connectivity index (χ1n) is 4.25. The number of hydrogen-bond donors (Lipinski definition) is 2. The van der Waals surface area contributed by atoms with Crippen LogP contribution in [0.25, 0.3) is 0 Å². The molecule has 0 bridgehead atoms. The Morgan fingerprint density at radius 1 is 1.42 bits per heavy atom. The van der Waals surface area contributed by atoms with Gasteiger partial charge in [0.1, 0.15) is 0 Å². The highest BCUT2D eigenvalue weighted by Crippen LogP contribution is 2.03. The van der Waals surface area contributed by atoms with Gasteiger partial charge in [-0.15, -0.1) is 0 Å². The van der Waals surface area contributed by atoms with Crippen molar-refractivity contribution in [3.05, 3.63) is 0 Å². The summed E-state index contributed by atoms with van der Waals surface area (Å²) in [5.41, 5.74) is 10.6. The monoisotopic (exact) mass is 173 g/mol. The average molecular weight is 173 g/mol. The van der Waals surface area contributed by atoms with Gasteiger partial charge in [0.25, 0.3) is 0 Å². The fourth-order valence-corrected chi connectivity index (χ4v) is 1.21. The van der Waals surface area contributed by atoms with Crippen molar-refractivity contribution in [2.24, 2.45) is 11.5 Å². The van der Waals surface area contributed by atoms with E-state index >= 15 is 0 Å². The number of hydrogen-bond acceptors (Lipinski definition) is 3. The average Bonchev–Trinajstić information content (AvgIpc) is 1.98. The molecule has 0 rings (SSSR count). The number of primary amides is 1. The van der Waals surface area contributed by atoms with Crippen molar-refractivity contribution in [1.82, 2.24) is 4.90 Å². The number of nitrogens with zero attached hydrogens (tertiary/aromatic N) is 1. The normalized spacial score (nSPS) is 13.8. The van der Waals surface area contributed by atoms with Gasteiger partial charge in [-0.1, -0.05) is 0 Å². The lowest BCUT2D eigenvalue weighted by Gasteiger charge is -2.30. The van der Waals surface area contributed by atoms with Crippen LogP contribution >= 0.6 is 0 Å². The third-order valence-electron chi connectivity index (χ3n) is 1.96. The molecule has 4 N–H and O–H groups in total. The van der Waals surface area contributed by atoms with E-state index in [0.29, 0.717) is 19.1 Å². The van der Waals surface area contributed by atoms with Gasteiger partial charge in [0, 0.05) is 19.1 Å². The minimum Gasteiger partial charge on any atom is -0.368 e. The highest BCUT2D eigenvalue weighted by Gasteiger charge is 2.20. The quantitative estimate of drug-likeness (QED) is 0.590. The molecule has 0 aliphatic carbocycles. The third-order valence-corrected chi connectivity index (χ3v) is 1.96. The van der Waals surface area contributed by atoms with Gasteiger partial charge < -0.3 is 11.5 Å². The number of amides is 1. The largest absolute Gasteiger partial charge is 0.368 e. The molecule has 0 aromatic heterocycles. The van der Waals surface area contributed by atoms with Gasteiger partial charge in [-0.05, 0) is 20.8 Å². The van der Waals surface area contributed by atoms with Crippen molar-refractivity contribution < 1.29 is 4.79 Å². The lowest BCUT2D eigenvalue weighted by Crippen LogP contribution is -2.48. The van der Waals surface area contributed by atoms with Crippen LogP contribution < -0.4 is 11.5 Å². The van der Waals surface area contributed by atoms with E-state index in [4.69, 9.17) is 11.5 Å². The Hall–Kier alpha value is -0.610. The molecule has 4 nitrogen and oxygen atoms in total. The molecule has 0 aliphatic heterocycles. The molecule has 4 heteroatoms. The molecule has 0 aromatic carbocycles. The zero-order valence-corrected chi connectivity index (χ0v) is 8.08. The maximum absolute atomic E-state index is 10.9. The molecule has 0 aliphatic rings. The van der Waals surface area contributed by atoms with Crippen LogP contribution in [0.3, 0.4) is 0 Å². The Balaban J connectivity index is 4.18. The molecule has 12 heavy (non-hydrogen) atoms. The molecule has 0 saturated carbocycles. The molecule has 0 radical (unpaired) electrons. The van der Waals surface area contributed by atoms with E-state index in [0.717, 1.165) is 0 Å². The Morgan fingerprint density at radius 3 is 2.17 bits per heavy atom. The van der Waals surface area contributed by atoms with E-state index in [2.05, 4.69) is 0 Å². The third kappa shape index (κ3) is 3.19. The summed E-state index contributed by atoms with van der Waals surface area (Å²) in [6.07, 6.45) is 0. The minimum absolute atomic E-state index is 0.228. The number of carbonyl (C=O) groups excluding carboxylic acids is 1. The molecule has 72 valence electrons. The van der Waals surface area contributed by atoms with Gasteiger partial charge in [0.05, 0.1) is 6.04 Å². The van der Waals surface area contributed by atoms with E-state index in [9.17, 15) is 4.79 Å². The minimum atomic E-state index is -0.294. The van der Waals surface area contributed by atoms with Crippen molar-refractivity contribution >= 4 is 5.91 Å². The van der Waals surface area contributed by atoms with Crippen LogP contribution in [0.15, 0.2) is 0 Å². The Labute approximate surface area is 73.9 Å². The lowest BCUT2D eigenvalue weighted by atomic mass is 10.2. The second-order valence-electron chi connectivity index (χ2n) is 3.20. The molecular weight excluding hydrogens is 154 g/mol. The zero-order chi connectivity index (χ0) is 9.72. The fraction of sp³-hybridized carbons (Fsp3) is 0.875. The Morgan fingerprint density at radius 2 is 1.92 bits per heavy atom. The van der Waals surface area contributed by atoms with Gasteiger partial charge in [0.15, 0.2) is 0 Å². The first-order valence-corrected chi connectivity index (χ1v) is 4.25. The zero-order valence-electron chi connectivity index (χ0n) is 8.08. The van der Waals surface area contributed by atoms with Crippen molar-refractivity contribution in [3.63, 3.8) is 0 Å². The van der Waals surface area contributed by atoms with E-state index in [1.807, 2.05) is 18.7 Å². The molecule has 1 amide bonds. The summed E-state index contributed by atoms with van der Waals surface area (Å²) in [4.78, 5) is 12.8. The second-order valence-corrected chi connectivity index (χ2v) is 3.20. The summed E-state index contributed by atoms with van der Waals surface area (Å²) in [6, 6.07) is 0.0737. The van der Waals surface area contributed by atoms with Crippen molar-refractivity contribution in [2.45, 2.75) is 32.9 Å². The van der Waals surface area contributed by atoms with Crippen LogP contribution in [-0.4, -0.2) is 36.0 Å². The molecular formula is C8H19N3O. The summed E-state index contributed by atoms with van der Waals surface area (Å²) in [5, 5.41) is 0. The Bertz CT molecular complexity index is 147. The van der Waals surface area contributed by atoms with Gasteiger partial charge >= 0.3 is 0 Å². The van der Waals surface area contributed by atoms with E-state index in [1.165, 1.54) is 0 Å². The number of rotatable bonds is 5. The van der Waals surface area contributed by atoms with Crippen LogP contribution in [-0.2, 0) is 4.79 Å². The summed E-state index contributed by atoms with van der Waals surface area (Å²) < 4.78 is 0. The van der Waals surface area contributed by atoms with E-state index in [-0.39, 0.29) is 11.9 Å². The second kappa shape index (κ2) is 5.11. The van der Waals surface area contributed by atoms with Gasteiger partial charge in [-0.3, -0.25) is 9.69 Å². The SMILES string of the molecule is CC(C)N(CCN)C(C)C(N)=O. The van der Waals surface area contributed by atoms with E-state index in [1.54, 1.807) is 6.92 Å². The molecule has 1 atom stereocenters.